The fourth-order valence-corrected chi connectivity index (χ4v) is 1.70. The molecule has 2 rings (SSSR count). The molecule has 1 heterocycles. The third-order valence-electron chi connectivity index (χ3n) is 2.75. The fourth-order valence-electron chi connectivity index (χ4n) is 1.70. The van der Waals surface area contributed by atoms with Gasteiger partial charge in [0.05, 0.1) is 0 Å². The number of benzene rings is 1. The molecule has 0 aliphatic carbocycles. The van der Waals surface area contributed by atoms with Gasteiger partial charge in [-0.25, -0.2) is 4.98 Å². The van der Waals surface area contributed by atoms with Crippen molar-refractivity contribution in [1.29, 1.82) is 0 Å². The van der Waals surface area contributed by atoms with E-state index in [1.54, 1.807) is 6.20 Å². The monoisotopic (exact) mass is 244 g/mol. The normalized spacial score (nSPS) is 9.67. The van der Waals surface area contributed by atoms with Gasteiger partial charge in [-0.2, -0.15) is 0 Å². The van der Waals surface area contributed by atoms with E-state index < -0.39 is 0 Å². The quantitative estimate of drug-likeness (QED) is 0.732. The third kappa shape index (κ3) is 5.67. The largest absolute Gasteiger partial charge is 0.345 e. The highest BCUT2D eigenvalue weighted by molar-refractivity contribution is 5.53. The highest BCUT2D eigenvalue weighted by Crippen LogP contribution is 2.11. The van der Waals surface area contributed by atoms with E-state index in [4.69, 9.17) is 0 Å². The maximum absolute atomic E-state index is 4.13. The number of nitrogens with zero attached hydrogens (tertiary/aromatic N) is 1. The molecule has 0 radical (unpaired) electrons. The van der Waals surface area contributed by atoms with E-state index >= 15 is 0 Å². The number of imidazole rings is 1. The van der Waals surface area contributed by atoms with Crippen molar-refractivity contribution in [2.75, 3.05) is 0 Å². The van der Waals surface area contributed by atoms with Gasteiger partial charge in [0.25, 0.3) is 0 Å². The summed E-state index contributed by atoms with van der Waals surface area (Å²) in [6.07, 6.45) is 10.6. The molecule has 0 fully saturated rings. The summed E-state index contributed by atoms with van der Waals surface area (Å²) >= 11 is 0. The first-order valence-electron chi connectivity index (χ1n) is 6.93. The summed E-state index contributed by atoms with van der Waals surface area (Å²) in [5.74, 6) is 0.922. The average Bonchev–Trinajstić information content (AvgIpc) is 2.95. The van der Waals surface area contributed by atoms with Gasteiger partial charge in [0, 0.05) is 18.0 Å². The minimum absolute atomic E-state index is 0.922. The van der Waals surface area contributed by atoms with Crippen LogP contribution in [0.4, 0.5) is 0 Å². The lowest BCUT2D eigenvalue weighted by molar-refractivity contribution is 0.656. The topological polar surface area (TPSA) is 28.7 Å². The molecule has 1 aromatic heterocycles. The van der Waals surface area contributed by atoms with Crippen LogP contribution in [-0.2, 0) is 0 Å². The van der Waals surface area contributed by atoms with Gasteiger partial charge in [-0.1, -0.05) is 76.3 Å². The van der Waals surface area contributed by atoms with E-state index in [0.717, 1.165) is 11.4 Å². The van der Waals surface area contributed by atoms with Gasteiger partial charge >= 0.3 is 0 Å². The molecular weight excluding hydrogens is 220 g/mol. The van der Waals surface area contributed by atoms with E-state index in [2.05, 4.69) is 23.8 Å². The van der Waals surface area contributed by atoms with Crippen LogP contribution in [0.15, 0.2) is 42.7 Å². The molecule has 0 aliphatic rings. The third-order valence-corrected chi connectivity index (χ3v) is 2.75. The second-order valence-corrected chi connectivity index (χ2v) is 4.36. The Morgan fingerprint density at radius 3 is 2.11 bits per heavy atom. The summed E-state index contributed by atoms with van der Waals surface area (Å²) in [6.45, 7) is 4.49. The van der Waals surface area contributed by atoms with Crippen LogP contribution in [0.5, 0.6) is 0 Å². The molecule has 1 N–H and O–H groups in total. The SMILES string of the molecule is CCCCCCC.c1ccc(-c2ncc[nH]2)cc1. The maximum atomic E-state index is 4.13. The summed E-state index contributed by atoms with van der Waals surface area (Å²) in [5, 5.41) is 0. The summed E-state index contributed by atoms with van der Waals surface area (Å²) < 4.78 is 0. The van der Waals surface area contributed by atoms with Crippen LogP contribution >= 0.6 is 0 Å². The molecule has 0 saturated carbocycles. The Labute approximate surface area is 110 Å². The zero-order valence-electron chi connectivity index (χ0n) is 11.5. The first kappa shape index (κ1) is 14.5. The zero-order chi connectivity index (χ0) is 13.1. The lowest BCUT2D eigenvalue weighted by Crippen LogP contribution is -1.77. The molecular formula is C16H24N2. The zero-order valence-corrected chi connectivity index (χ0v) is 11.5. The van der Waals surface area contributed by atoms with Crippen LogP contribution in [-0.4, -0.2) is 9.97 Å². The van der Waals surface area contributed by atoms with Gasteiger partial charge in [0.2, 0.25) is 0 Å². The molecule has 0 amide bonds. The standard InChI is InChI=1S/C9H8N2.C7H16/c1-2-4-8(5-3-1)9-10-6-7-11-9;1-3-5-7-6-4-2/h1-7H,(H,10,11);3-7H2,1-2H3. The van der Waals surface area contributed by atoms with E-state index in [1.165, 1.54) is 32.1 Å². The van der Waals surface area contributed by atoms with Crippen molar-refractivity contribution >= 4 is 0 Å². The van der Waals surface area contributed by atoms with Crippen molar-refractivity contribution in [3.8, 4) is 11.4 Å². The molecule has 1 aromatic carbocycles. The lowest BCUT2D eigenvalue weighted by Gasteiger charge is -1.92. The van der Waals surface area contributed by atoms with E-state index in [0.29, 0.717) is 0 Å². The molecule has 0 atom stereocenters. The van der Waals surface area contributed by atoms with Crippen molar-refractivity contribution in [2.24, 2.45) is 0 Å². The van der Waals surface area contributed by atoms with E-state index in [-0.39, 0.29) is 0 Å². The van der Waals surface area contributed by atoms with Gasteiger partial charge < -0.3 is 4.98 Å². The van der Waals surface area contributed by atoms with Crippen LogP contribution in [0.25, 0.3) is 11.4 Å². The number of nitrogens with one attached hydrogen (secondary N) is 1. The highest BCUT2D eigenvalue weighted by atomic mass is 14.9. The molecule has 98 valence electrons. The number of H-pyrrole nitrogens is 1. The van der Waals surface area contributed by atoms with Crippen molar-refractivity contribution < 1.29 is 0 Å². The van der Waals surface area contributed by atoms with Crippen LogP contribution in [0.2, 0.25) is 0 Å². The molecule has 0 unspecified atom stereocenters. The molecule has 2 aromatic rings. The molecule has 0 bridgehead atoms. The first-order chi connectivity index (χ1) is 8.88. The van der Waals surface area contributed by atoms with Crippen molar-refractivity contribution in [3.63, 3.8) is 0 Å². The predicted molar refractivity (Wildman–Crippen MR) is 78.5 cm³/mol. The summed E-state index contributed by atoms with van der Waals surface area (Å²) in [6, 6.07) is 10.0. The number of hydrogen-bond acceptors (Lipinski definition) is 1. The molecule has 0 saturated heterocycles. The fraction of sp³-hybridized carbons (Fsp3) is 0.438. The van der Waals surface area contributed by atoms with E-state index in [9.17, 15) is 0 Å². The van der Waals surface area contributed by atoms with Crippen LogP contribution in [0.3, 0.4) is 0 Å². The van der Waals surface area contributed by atoms with E-state index in [1.807, 2.05) is 36.5 Å². The summed E-state index contributed by atoms with van der Waals surface area (Å²) in [4.78, 5) is 7.17. The van der Waals surface area contributed by atoms with Crippen molar-refractivity contribution in [1.82, 2.24) is 9.97 Å². The Morgan fingerprint density at radius 1 is 0.944 bits per heavy atom. The van der Waals surface area contributed by atoms with Gasteiger partial charge in [-0.05, 0) is 0 Å². The predicted octanol–water partition coefficient (Wildman–Crippen LogP) is 5.05. The summed E-state index contributed by atoms with van der Waals surface area (Å²) in [7, 11) is 0. The van der Waals surface area contributed by atoms with Gasteiger partial charge in [-0.15, -0.1) is 0 Å². The lowest BCUT2D eigenvalue weighted by atomic mass is 10.2. The number of unbranched alkanes of at least 4 members (excludes halogenated alkanes) is 4. The summed E-state index contributed by atoms with van der Waals surface area (Å²) in [5.41, 5.74) is 1.12. The van der Waals surface area contributed by atoms with Crippen LogP contribution in [0, 0.1) is 0 Å². The molecule has 2 nitrogen and oxygen atoms in total. The Kier molecular flexibility index (Phi) is 7.61. The van der Waals surface area contributed by atoms with Crippen LogP contribution < -0.4 is 0 Å². The smallest absolute Gasteiger partial charge is 0.137 e. The molecule has 2 heteroatoms. The number of hydrogen-bond donors (Lipinski definition) is 1. The number of aromatic amines is 1. The molecule has 0 spiro atoms. The minimum Gasteiger partial charge on any atom is -0.345 e. The van der Waals surface area contributed by atoms with Crippen LogP contribution in [0.1, 0.15) is 46.0 Å². The number of rotatable bonds is 5. The molecule has 18 heavy (non-hydrogen) atoms. The minimum atomic E-state index is 0.922. The Hall–Kier alpha value is -1.57. The molecule has 0 aliphatic heterocycles. The van der Waals surface area contributed by atoms with Gasteiger partial charge in [-0.3, -0.25) is 0 Å². The van der Waals surface area contributed by atoms with Crippen molar-refractivity contribution in [2.45, 2.75) is 46.0 Å². The van der Waals surface area contributed by atoms with Crippen molar-refractivity contribution in [3.05, 3.63) is 42.7 Å². The first-order valence-corrected chi connectivity index (χ1v) is 6.93. The Bertz CT molecular complexity index is 375. The van der Waals surface area contributed by atoms with Gasteiger partial charge in [0.1, 0.15) is 5.82 Å². The van der Waals surface area contributed by atoms with Gasteiger partial charge in [0.15, 0.2) is 0 Å². The second kappa shape index (κ2) is 9.46. The Balaban J connectivity index is 0.000000203. The number of aromatic nitrogens is 2. The highest BCUT2D eigenvalue weighted by Gasteiger charge is 1.94. The maximum Gasteiger partial charge on any atom is 0.137 e. The Morgan fingerprint density at radius 2 is 1.61 bits per heavy atom. The average molecular weight is 244 g/mol. The second-order valence-electron chi connectivity index (χ2n) is 4.36.